The van der Waals surface area contributed by atoms with E-state index in [2.05, 4.69) is 0 Å². The van der Waals surface area contributed by atoms with Gasteiger partial charge in [-0.25, -0.2) is 0 Å². The Balaban J connectivity index is 4.02. The average molecular weight is 243 g/mol. The molecule has 0 fully saturated rings. The Hall–Kier alpha value is -1.23. The summed E-state index contributed by atoms with van der Waals surface area (Å²) in [7, 11) is 0. The number of hydrogen-bond donors (Lipinski definition) is 2. The molecule has 0 unspecified atom stereocenters. The van der Waals surface area contributed by atoms with Crippen LogP contribution in [-0.4, -0.2) is 28.7 Å². The highest BCUT2D eigenvalue weighted by molar-refractivity contribution is 5.90. The van der Waals surface area contributed by atoms with Gasteiger partial charge in [0.2, 0.25) is 0 Å². The van der Waals surface area contributed by atoms with Gasteiger partial charge in [-0.2, -0.15) is 0 Å². The summed E-state index contributed by atoms with van der Waals surface area (Å²) in [5, 5.41) is 8.45. The third-order valence-electron chi connectivity index (χ3n) is 2.52. The van der Waals surface area contributed by atoms with Crippen molar-refractivity contribution >= 4 is 17.5 Å². The van der Waals surface area contributed by atoms with Crippen molar-refractivity contribution in [1.29, 1.82) is 0 Å². The van der Waals surface area contributed by atoms with Gasteiger partial charge in [-0.3, -0.25) is 14.4 Å². The number of hydrogen-bond acceptors (Lipinski definition) is 4. The first-order chi connectivity index (χ1) is 7.64. The van der Waals surface area contributed by atoms with E-state index in [1.165, 1.54) is 0 Å². The number of aliphatic carboxylic acids is 1. The summed E-state index contributed by atoms with van der Waals surface area (Å²) in [5.41, 5.74) is 5.08. The predicted octanol–water partition coefficient (Wildman–Crippen LogP) is 1.14. The molecule has 0 rings (SSSR count). The van der Waals surface area contributed by atoms with Gasteiger partial charge in [0.15, 0.2) is 0 Å². The van der Waals surface area contributed by atoms with Gasteiger partial charge in [-0.05, 0) is 6.42 Å². The molecule has 0 heterocycles. The summed E-state index contributed by atoms with van der Waals surface area (Å²) >= 11 is 0. The molecule has 0 saturated heterocycles. The fraction of sp³-hybridized carbons (Fsp3) is 0.750. The smallest absolute Gasteiger partial charge is 0.303 e. The number of carbonyl (C=O) groups excluding carboxylic acids is 2. The molecule has 0 spiro atoms. The van der Waals surface area contributed by atoms with Crippen molar-refractivity contribution in [2.45, 2.75) is 52.5 Å². The second-order valence-corrected chi connectivity index (χ2v) is 5.18. The molecule has 0 radical (unpaired) electrons. The van der Waals surface area contributed by atoms with E-state index >= 15 is 0 Å². The highest BCUT2D eigenvalue weighted by Gasteiger charge is 2.23. The first kappa shape index (κ1) is 15.8. The number of ketones is 2. The van der Waals surface area contributed by atoms with E-state index in [0.29, 0.717) is 0 Å². The number of carboxylic acids is 1. The largest absolute Gasteiger partial charge is 0.481 e. The first-order valence-corrected chi connectivity index (χ1v) is 5.68. The number of carboxylic acid groups (broad SMARTS) is 1. The Bertz CT molecular complexity index is 304. The minimum atomic E-state index is -0.973. The molecule has 3 N–H and O–H groups in total. The second-order valence-electron chi connectivity index (χ2n) is 5.18. The third-order valence-corrected chi connectivity index (χ3v) is 2.52. The van der Waals surface area contributed by atoms with Gasteiger partial charge in [0, 0.05) is 24.7 Å². The molecule has 0 aliphatic rings. The van der Waals surface area contributed by atoms with Crippen LogP contribution in [0.15, 0.2) is 0 Å². The maximum Gasteiger partial charge on any atom is 0.303 e. The Kier molecular flexibility index (Phi) is 6.02. The standard InChI is InChI=1S/C12H21NO4/c1-12(2,3)10(15)6-5-9(14)8(13)4-7-11(16)17/h8H,4-7,13H2,1-3H3,(H,16,17)/t8-/m0/s1. The zero-order valence-electron chi connectivity index (χ0n) is 10.7. The molecule has 5 heteroatoms. The van der Waals surface area contributed by atoms with Crippen LogP contribution < -0.4 is 5.73 Å². The summed E-state index contributed by atoms with van der Waals surface area (Å²) < 4.78 is 0. The van der Waals surface area contributed by atoms with Crippen molar-refractivity contribution in [1.82, 2.24) is 0 Å². The molecule has 17 heavy (non-hydrogen) atoms. The van der Waals surface area contributed by atoms with E-state index in [-0.39, 0.29) is 37.2 Å². The van der Waals surface area contributed by atoms with Crippen molar-refractivity contribution < 1.29 is 19.5 Å². The molecular weight excluding hydrogens is 222 g/mol. The maximum atomic E-state index is 11.6. The fourth-order valence-corrected chi connectivity index (χ4v) is 1.24. The quantitative estimate of drug-likeness (QED) is 0.698. The molecule has 1 atom stereocenters. The highest BCUT2D eigenvalue weighted by atomic mass is 16.4. The van der Waals surface area contributed by atoms with Crippen molar-refractivity contribution in [3.05, 3.63) is 0 Å². The molecule has 0 bridgehead atoms. The maximum absolute atomic E-state index is 11.6. The Labute approximate surface area is 101 Å². The molecule has 98 valence electrons. The van der Waals surface area contributed by atoms with Gasteiger partial charge >= 0.3 is 5.97 Å². The lowest BCUT2D eigenvalue weighted by atomic mass is 9.87. The number of carbonyl (C=O) groups is 3. The Morgan fingerprint density at radius 3 is 2.06 bits per heavy atom. The molecule has 0 saturated carbocycles. The van der Waals surface area contributed by atoms with Crippen molar-refractivity contribution in [3.63, 3.8) is 0 Å². The first-order valence-electron chi connectivity index (χ1n) is 5.68. The molecular formula is C12H21NO4. The van der Waals surface area contributed by atoms with E-state index in [0.717, 1.165) is 0 Å². The van der Waals surface area contributed by atoms with Crippen LogP contribution in [0, 0.1) is 5.41 Å². The van der Waals surface area contributed by atoms with Crippen LogP contribution in [0.1, 0.15) is 46.5 Å². The van der Waals surface area contributed by atoms with Crippen LogP contribution in [0.3, 0.4) is 0 Å². The van der Waals surface area contributed by atoms with E-state index in [1.54, 1.807) is 20.8 Å². The minimum Gasteiger partial charge on any atom is -0.481 e. The van der Waals surface area contributed by atoms with Crippen LogP contribution in [0.2, 0.25) is 0 Å². The minimum absolute atomic E-state index is 0.0104. The molecule has 0 amide bonds. The second kappa shape index (κ2) is 6.49. The lowest BCUT2D eigenvalue weighted by Gasteiger charge is -2.16. The van der Waals surface area contributed by atoms with Crippen molar-refractivity contribution in [3.8, 4) is 0 Å². The number of rotatable bonds is 7. The van der Waals surface area contributed by atoms with E-state index in [1.807, 2.05) is 0 Å². The topological polar surface area (TPSA) is 97.5 Å². The third kappa shape index (κ3) is 6.84. The summed E-state index contributed by atoms with van der Waals surface area (Å²) in [5.74, 6) is -1.21. The number of nitrogens with two attached hydrogens (primary N) is 1. The monoisotopic (exact) mass is 243 g/mol. The van der Waals surface area contributed by atoms with Crippen LogP contribution in [-0.2, 0) is 14.4 Å². The molecule has 0 aromatic rings. The van der Waals surface area contributed by atoms with Gasteiger partial charge in [-0.15, -0.1) is 0 Å². The fourth-order valence-electron chi connectivity index (χ4n) is 1.24. The van der Waals surface area contributed by atoms with Gasteiger partial charge in [0.25, 0.3) is 0 Å². The van der Waals surface area contributed by atoms with Gasteiger partial charge in [0.1, 0.15) is 11.6 Å². The zero-order valence-corrected chi connectivity index (χ0v) is 10.7. The van der Waals surface area contributed by atoms with Crippen LogP contribution in [0.5, 0.6) is 0 Å². The lowest BCUT2D eigenvalue weighted by Crippen LogP contribution is -2.32. The number of Topliss-reactive ketones (excluding diaryl/α,β-unsaturated/α-hetero) is 2. The highest BCUT2D eigenvalue weighted by Crippen LogP contribution is 2.18. The molecule has 0 aromatic heterocycles. The molecule has 5 nitrogen and oxygen atoms in total. The Morgan fingerprint density at radius 1 is 1.12 bits per heavy atom. The van der Waals surface area contributed by atoms with Gasteiger partial charge in [-0.1, -0.05) is 20.8 Å². The van der Waals surface area contributed by atoms with E-state index < -0.39 is 17.4 Å². The zero-order chi connectivity index (χ0) is 13.6. The summed E-state index contributed by atoms with van der Waals surface area (Å²) in [6.45, 7) is 5.39. The van der Waals surface area contributed by atoms with Crippen LogP contribution >= 0.6 is 0 Å². The van der Waals surface area contributed by atoms with Gasteiger partial charge < -0.3 is 10.8 Å². The van der Waals surface area contributed by atoms with Crippen molar-refractivity contribution in [2.75, 3.05) is 0 Å². The molecule has 0 aliphatic carbocycles. The Morgan fingerprint density at radius 2 is 1.65 bits per heavy atom. The SMILES string of the molecule is CC(C)(C)C(=O)CCC(=O)[C@@H](N)CCC(=O)O. The lowest BCUT2D eigenvalue weighted by molar-refractivity contribution is -0.137. The molecule has 0 aromatic carbocycles. The van der Waals surface area contributed by atoms with E-state index in [9.17, 15) is 14.4 Å². The van der Waals surface area contributed by atoms with Crippen molar-refractivity contribution in [2.24, 2.45) is 11.1 Å². The van der Waals surface area contributed by atoms with Crippen LogP contribution in [0.4, 0.5) is 0 Å². The average Bonchev–Trinajstić information content (AvgIpc) is 2.20. The molecule has 0 aliphatic heterocycles. The van der Waals surface area contributed by atoms with E-state index in [4.69, 9.17) is 10.8 Å². The predicted molar refractivity (Wildman–Crippen MR) is 63.5 cm³/mol. The normalized spacial score (nSPS) is 13.2. The summed E-state index contributed by atoms with van der Waals surface area (Å²) in [4.78, 5) is 33.4. The van der Waals surface area contributed by atoms with Crippen LogP contribution in [0.25, 0.3) is 0 Å². The summed E-state index contributed by atoms with van der Waals surface area (Å²) in [6, 6.07) is -0.779. The summed E-state index contributed by atoms with van der Waals surface area (Å²) in [6.07, 6.45) is 0.262. The van der Waals surface area contributed by atoms with Gasteiger partial charge in [0.05, 0.1) is 6.04 Å².